The van der Waals surface area contributed by atoms with Crippen LogP contribution in [0.2, 0.25) is 0 Å². The highest BCUT2D eigenvalue weighted by Crippen LogP contribution is 2.16. The van der Waals surface area contributed by atoms with Crippen molar-refractivity contribution in [3.05, 3.63) is 40.3 Å². The largest absolute Gasteiger partial charge is 0.497 e. The van der Waals surface area contributed by atoms with E-state index in [9.17, 15) is 4.79 Å². The number of pyridine rings is 1. The molecule has 3 heterocycles. The van der Waals surface area contributed by atoms with Gasteiger partial charge in [0.15, 0.2) is 0 Å². The van der Waals surface area contributed by atoms with Crippen molar-refractivity contribution in [2.75, 3.05) is 20.2 Å². The minimum absolute atomic E-state index is 0.0638. The quantitative estimate of drug-likeness (QED) is 0.857. The standard InChI is InChI=1S/C17H25N5O2/c1-3-21-16(10-13-4-7-18-8-5-13)20-22(17(21)23)12-14-11-15(24-2)6-9-19-14/h6,9,11,13,18H,3-5,7-8,10,12H2,1-2H3. The van der Waals surface area contributed by atoms with Crippen molar-refractivity contribution in [2.24, 2.45) is 5.92 Å². The van der Waals surface area contributed by atoms with Crippen LogP contribution in [-0.2, 0) is 19.5 Å². The molecule has 2 aromatic heterocycles. The highest BCUT2D eigenvalue weighted by Gasteiger charge is 2.19. The Morgan fingerprint density at radius 1 is 1.38 bits per heavy atom. The maximum absolute atomic E-state index is 12.6. The number of methoxy groups -OCH3 is 1. The molecule has 130 valence electrons. The topological polar surface area (TPSA) is 74.0 Å². The first-order valence-corrected chi connectivity index (χ1v) is 8.57. The average molecular weight is 331 g/mol. The van der Waals surface area contributed by atoms with Crippen molar-refractivity contribution >= 4 is 0 Å². The highest BCUT2D eigenvalue weighted by atomic mass is 16.5. The van der Waals surface area contributed by atoms with E-state index < -0.39 is 0 Å². The van der Waals surface area contributed by atoms with Gasteiger partial charge in [-0.2, -0.15) is 5.10 Å². The average Bonchev–Trinajstić information content (AvgIpc) is 2.90. The molecule has 7 heteroatoms. The summed E-state index contributed by atoms with van der Waals surface area (Å²) in [6.07, 6.45) is 4.83. The van der Waals surface area contributed by atoms with Crippen LogP contribution in [-0.4, -0.2) is 39.5 Å². The summed E-state index contributed by atoms with van der Waals surface area (Å²) >= 11 is 0. The fourth-order valence-electron chi connectivity index (χ4n) is 3.22. The molecule has 0 unspecified atom stereocenters. The molecule has 7 nitrogen and oxygen atoms in total. The number of hydrogen-bond donors (Lipinski definition) is 1. The van der Waals surface area contributed by atoms with Crippen LogP contribution in [0, 0.1) is 5.92 Å². The maximum Gasteiger partial charge on any atom is 0.346 e. The number of aromatic nitrogens is 4. The molecule has 1 saturated heterocycles. The summed E-state index contributed by atoms with van der Waals surface area (Å²) in [4.78, 5) is 16.9. The lowest BCUT2D eigenvalue weighted by Crippen LogP contribution is -2.30. The van der Waals surface area contributed by atoms with Gasteiger partial charge in [-0.15, -0.1) is 0 Å². The highest BCUT2D eigenvalue weighted by molar-refractivity contribution is 5.22. The zero-order valence-corrected chi connectivity index (χ0v) is 14.4. The Morgan fingerprint density at radius 3 is 2.88 bits per heavy atom. The maximum atomic E-state index is 12.6. The van der Waals surface area contributed by atoms with E-state index in [1.807, 2.05) is 13.0 Å². The van der Waals surface area contributed by atoms with Gasteiger partial charge >= 0.3 is 5.69 Å². The monoisotopic (exact) mass is 331 g/mol. The van der Waals surface area contributed by atoms with Crippen LogP contribution in [0.25, 0.3) is 0 Å². The van der Waals surface area contributed by atoms with Crippen LogP contribution in [0.15, 0.2) is 23.1 Å². The Bertz CT molecular complexity index is 731. The minimum atomic E-state index is -0.0638. The van der Waals surface area contributed by atoms with E-state index in [-0.39, 0.29) is 5.69 Å². The van der Waals surface area contributed by atoms with Crippen LogP contribution in [0.1, 0.15) is 31.3 Å². The van der Waals surface area contributed by atoms with Crippen LogP contribution in [0.3, 0.4) is 0 Å². The van der Waals surface area contributed by atoms with Crippen molar-refractivity contribution in [2.45, 2.75) is 39.3 Å². The summed E-state index contributed by atoms with van der Waals surface area (Å²) < 4.78 is 8.51. The van der Waals surface area contributed by atoms with Gasteiger partial charge in [0.05, 0.1) is 19.3 Å². The molecule has 0 bridgehead atoms. The molecule has 0 atom stereocenters. The molecule has 3 rings (SSSR count). The second-order valence-corrected chi connectivity index (χ2v) is 6.19. The number of hydrogen-bond acceptors (Lipinski definition) is 5. The second kappa shape index (κ2) is 7.61. The first kappa shape index (κ1) is 16.7. The van der Waals surface area contributed by atoms with Crippen molar-refractivity contribution in [3.8, 4) is 5.75 Å². The van der Waals surface area contributed by atoms with Gasteiger partial charge in [-0.1, -0.05) is 0 Å². The smallest absolute Gasteiger partial charge is 0.346 e. The number of ether oxygens (including phenoxy) is 1. The molecular weight excluding hydrogens is 306 g/mol. The van der Waals surface area contributed by atoms with Gasteiger partial charge in [-0.25, -0.2) is 9.48 Å². The molecule has 0 amide bonds. The zero-order chi connectivity index (χ0) is 16.9. The molecule has 0 spiro atoms. The van der Waals surface area contributed by atoms with Gasteiger partial charge < -0.3 is 10.1 Å². The summed E-state index contributed by atoms with van der Waals surface area (Å²) in [5, 5.41) is 7.97. The third-order valence-electron chi connectivity index (χ3n) is 4.58. The van der Waals surface area contributed by atoms with Crippen LogP contribution in [0.4, 0.5) is 0 Å². The fraction of sp³-hybridized carbons (Fsp3) is 0.588. The Morgan fingerprint density at radius 2 is 2.17 bits per heavy atom. The summed E-state index contributed by atoms with van der Waals surface area (Å²) in [5.41, 5.74) is 0.705. The van der Waals surface area contributed by atoms with Crippen molar-refractivity contribution in [1.29, 1.82) is 0 Å². The van der Waals surface area contributed by atoms with Gasteiger partial charge in [0.1, 0.15) is 11.6 Å². The zero-order valence-electron chi connectivity index (χ0n) is 14.4. The molecule has 2 aromatic rings. The molecule has 0 saturated carbocycles. The Balaban J connectivity index is 1.81. The third kappa shape index (κ3) is 3.67. The SMILES string of the molecule is CCn1c(CC2CCNCC2)nn(Cc2cc(OC)ccn2)c1=O. The van der Waals surface area contributed by atoms with Gasteiger partial charge in [-0.05, 0) is 44.8 Å². The molecule has 0 aliphatic carbocycles. The molecule has 1 aliphatic heterocycles. The minimum Gasteiger partial charge on any atom is -0.497 e. The summed E-state index contributed by atoms with van der Waals surface area (Å²) in [7, 11) is 1.62. The number of piperidine rings is 1. The lowest BCUT2D eigenvalue weighted by Gasteiger charge is -2.21. The lowest BCUT2D eigenvalue weighted by molar-refractivity contribution is 0.362. The molecule has 0 aromatic carbocycles. The third-order valence-corrected chi connectivity index (χ3v) is 4.58. The molecule has 24 heavy (non-hydrogen) atoms. The Kier molecular flexibility index (Phi) is 5.30. The lowest BCUT2D eigenvalue weighted by atomic mass is 9.94. The van der Waals surface area contributed by atoms with E-state index in [2.05, 4.69) is 15.4 Å². The molecule has 1 N–H and O–H groups in total. The van der Waals surface area contributed by atoms with Gasteiger partial charge in [0.2, 0.25) is 0 Å². The Hall–Kier alpha value is -2.15. The van der Waals surface area contributed by atoms with Crippen LogP contribution >= 0.6 is 0 Å². The van der Waals surface area contributed by atoms with E-state index in [1.54, 1.807) is 23.9 Å². The van der Waals surface area contributed by atoms with Gasteiger partial charge in [0, 0.05) is 25.2 Å². The van der Waals surface area contributed by atoms with E-state index >= 15 is 0 Å². The summed E-state index contributed by atoms with van der Waals surface area (Å²) in [6, 6.07) is 3.63. The van der Waals surface area contributed by atoms with Crippen LogP contribution < -0.4 is 15.7 Å². The normalized spacial score (nSPS) is 15.6. The fourth-order valence-corrected chi connectivity index (χ4v) is 3.22. The molecule has 1 fully saturated rings. The van der Waals surface area contributed by atoms with Crippen molar-refractivity contribution in [1.82, 2.24) is 24.6 Å². The van der Waals surface area contributed by atoms with Crippen molar-refractivity contribution in [3.63, 3.8) is 0 Å². The van der Waals surface area contributed by atoms with Crippen molar-refractivity contribution < 1.29 is 4.74 Å². The van der Waals surface area contributed by atoms with Crippen LogP contribution in [0.5, 0.6) is 5.75 Å². The van der Waals surface area contributed by atoms with Gasteiger partial charge in [-0.3, -0.25) is 9.55 Å². The first-order chi connectivity index (χ1) is 11.7. The van der Waals surface area contributed by atoms with Gasteiger partial charge in [0.25, 0.3) is 0 Å². The van der Waals surface area contributed by atoms with E-state index in [1.165, 1.54) is 4.68 Å². The van der Waals surface area contributed by atoms with E-state index in [0.29, 0.717) is 19.0 Å². The predicted molar refractivity (Wildman–Crippen MR) is 91.3 cm³/mol. The number of rotatable bonds is 6. The molecule has 0 radical (unpaired) electrons. The summed E-state index contributed by atoms with van der Waals surface area (Å²) in [5.74, 6) is 2.22. The number of nitrogens with one attached hydrogen (secondary N) is 1. The Labute approximate surface area is 141 Å². The molecule has 1 aliphatic rings. The first-order valence-electron chi connectivity index (χ1n) is 8.57. The predicted octanol–water partition coefficient (Wildman–Crippen LogP) is 1.06. The van der Waals surface area contributed by atoms with E-state index in [0.717, 1.165) is 49.6 Å². The second-order valence-electron chi connectivity index (χ2n) is 6.19. The summed E-state index contributed by atoms with van der Waals surface area (Å²) in [6.45, 7) is 5.10. The van der Waals surface area contributed by atoms with E-state index in [4.69, 9.17) is 4.74 Å². The molecular formula is C17H25N5O2. The number of nitrogens with zero attached hydrogens (tertiary/aromatic N) is 4.